The summed E-state index contributed by atoms with van der Waals surface area (Å²) in [5.41, 5.74) is 0. The molecule has 0 aromatic heterocycles. The number of hydrogen-bond donors (Lipinski definition) is 1. The molecule has 2 unspecified atom stereocenters. The number of nitrogens with zero attached hydrogens (tertiary/aromatic N) is 1. The lowest BCUT2D eigenvalue weighted by Crippen LogP contribution is -2.37. The number of ether oxygens (including phenoxy) is 2. The number of unbranched alkanes of at least 4 members (excludes halogenated alkanes) is 11. The fourth-order valence-electron chi connectivity index (χ4n) is 5.73. The molecule has 61 heavy (non-hydrogen) atoms. The third kappa shape index (κ3) is 46.3. The summed E-state index contributed by atoms with van der Waals surface area (Å²) < 4.78 is 34.2. The molecule has 0 aliphatic rings. The predicted molar refractivity (Wildman–Crippen MR) is 256 cm³/mol. The van der Waals surface area contributed by atoms with Crippen LogP contribution in [0, 0.1) is 0 Å². The van der Waals surface area contributed by atoms with Gasteiger partial charge in [0.1, 0.15) is 19.8 Å². The number of phosphoric acid groups is 1. The van der Waals surface area contributed by atoms with Crippen molar-refractivity contribution in [3.05, 3.63) is 97.2 Å². The second-order valence-corrected chi connectivity index (χ2v) is 17.9. The van der Waals surface area contributed by atoms with Crippen molar-refractivity contribution >= 4 is 19.8 Å². The highest BCUT2D eigenvalue weighted by Gasteiger charge is 2.27. The molecular weight excluding hydrogens is 786 g/mol. The summed E-state index contributed by atoms with van der Waals surface area (Å²) in [6.45, 7) is 4.22. The Balaban J connectivity index is 4.26. The minimum atomic E-state index is -4.38. The predicted octanol–water partition coefficient (Wildman–Crippen LogP) is 13.7. The third-order valence-corrected chi connectivity index (χ3v) is 10.4. The molecule has 0 bridgehead atoms. The Hall–Kier alpha value is -3.07. The number of carbonyl (C=O) groups is 2. The highest BCUT2D eigenvalue weighted by molar-refractivity contribution is 7.47. The Bertz CT molecular complexity index is 1350. The maximum Gasteiger partial charge on any atom is 0.472 e. The first kappa shape index (κ1) is 57.9. The molecule has 0 saturated carbocycles. The maximum absolute atomic E-state index is 12.7. The Morgan fingerprint density at radius 3 is 1.39 bits per heavy atom. The average molecular weight is 873 g/mol. The molecule has 0 spiro atoms. The Labute approximate surface area is 373 Å². The zero-order chi connectivity index (χ0) is 45.0. The van der Waals surface area contributed by atoms with Crippen LogP contribution in [0.3, 0.4) is 0 Å². The van der Waals surface area contributed by atoms with Crippen LogP contribution >= 0.6 is 7.82 Å². The van der Waals surface area contributed by atoms with Crippen molar-refractivity contribution in [1.29, 1.82) is 0 Å². The largest absolute Gasteiger partial charge is 0.472 e. The summed E-state index contributed by atoms with van der Waals surface area (Å²) in [6, 6.07) is 0. The Morgan fingerprint density at radius 2 is 0.934 bits per heavy atom. The molecule has 0 aromatic rings. The van der Waals surface area contributed by atoms with Crippen molar-refractivity contribution in [2.75, 3.05) is 47.5 Å². The SMILES string of the molecule is CC/C=C\C/C=C\C/C=C\C/C=C\C/C=C\C/C=C\C/C=C\C/C=C\CCCCCCC(=O)OC(COC(=O)CCCCCCCCCC)COP(=O)(O)OCC[N+](C)(C)C. The van der Waals surface area contributed by atoms with E-state index in [1.54, 1.807) is 0 Å². The highest BCUT2D eigenvalue weighted by atomic mass is 31.2. The quantitative estimate of drug-likeness (QED) is 0.0213. The van der Waals surface area contributed by atoms with Gasteiger partial charge < -0.3 is 18.9 Å². The lowest BCUT2D eigenvalue weighted by atomic mass is 10.1. The van der Waals surface area contributed by atoms with Crippen LogP contribution < -0.4 is 0 Å². The molecule has 2 atom stereocenters. The first-order valence-corrected chi connectivity index (χ1v) is 25.0. The molecule has 0 radical (unpaired) electrons. The standard InChI is InChI=1S/C51H86NO8P/c1-6-8-10-12-14-16-17-18-19-20-21-22-23-24-25-26-27-28-29-30-31-32-33-34-35-36-38-40-42-44-51(54)60-49(48-59-61(55,56)58-46-45-52(3,4)5)47-57-50(53)43-41-39-37-15-13-11-9-7-2/h8,10,14,16,18-19,21-22,24-25,27-28,30-31,33-34,49H,6-7,9,11-13,15,17,20,23,26,29,32,35-48H2,1-5H3/p+1/b10-8-,16-14-,19-18-,22-21-,25-24-,28-27-,31-30-,34-33-. The van der Waals surface area contributed by atoms with Gasteiger partial charge in [-0.05, 0) is 77.0 Å². The monoisotopic (exact) mass is 873 g/mol. The van der Waals surface area contributed by atoms with E-state index in [2.05, 4.69) is 111 Å². The second kappa shape index (κ2) is 42.2. The molecular formula is C51H87NO8P+. The molecule has 0 aromatic carbocycles. The van der Waals surface area contributed by atoms with Gasteiger partial charge in [0.2, 0.25) is 0 Å². The number of carbonyl (C=O) groups excluding carboxylic acids is 2. The van der Waals surface area contributed by atoms with Crippen LogP contribution in [0.4, 0.5) is 0 Å². The van der Waals surface area contributed by atoms with Crippen molar-refractivity contribution in [2.24, 2.45) is 0 Å². The first-order valence-electron chi connectivity index (χ1n) is 23.5. The highest BCUT2D eigenvalue weighted by Crippen LogP contribution is 2.43. The van der Waals surface area contributed by atoms with E-state index in [1.807, 2.05) is 21.1 Å². The van der Waals surface area contributed by atoms with E-state index in [0.717, 1.165) is 96.3 Å². The summed E-state index contributed by atoms with van der Waals surface area (Å²) in [7, 11) is 1.44. The van der Waals surface area contributed by atoms with Crippen molar-refractivity contribution in [1.82, 2.24) is 0 Å². The van der Waals surface area contributed by atoms with Gasteiger partial charge in [-0.1, -0.05) is 169 Å². The van der Waals surface area contributed by atoms with Gasteiger partial charge in [0.25, 0.3) is 0 Å². The van der Waals surface area contributed by atoms with Gasteiger partial charge in [-0.3, -0.25) is 18.6 Å². The molecule has 0 fully saturated rings. The van der Waals surface area contributed by atoms with Gasteiger partial charge in [0.05, 0.1) is 27.7 Å². The lowest BCUT2D eigenvalue weighted by Gasteiger charge is -2.24. The van der Waals surface area contributed by atoms with Crippen LogP contribution in [0.25, 0.3) is 0 Å². The third-order valence-electron chi connectivity index (χ3n) is 9.38. The first-order chi connectivity index (χ1) is 29.5. The molecule has 1 N–H and O–H groups in total. The van der Waals surface area contributed by atoms with E-state index < -0.39 is 26.5 Å². The number of allylic oxidation sites excluding steroid dienone is 16. The summed E-state index contributed by atoms with van der Waals surface area (Å²) in [5.74, 6) is -0.841. The normalized spacial score (nSPS) is 14.4. The fourth-order valence-corrected chi connectivity index (χ4v) is 6.48. The van der Waals surface area contributed by atoms with Gasteiger partial charge >= 0.3 is 19.8 Å². The topological polar surface area (TPSA) is 108 Å². The molecule has 0 heterocycles. The minimum Gasteiger partial charge on any atom is -0.462 e. The number of likely N-dealkylation sites (N-methyl/N-ethyl adjacent to an activating group) is 1. The Kier molecular flexibility index (Phi) is 40.1. The van der Waals surface area contributed by atoms with Gasteiger partial charge in [-0.15, -0.1) is 0 Å². The van der Waals surface area contributed by atoms with Crippen molar-refractivity contribution < 1.29 is 42.1 Å². The van der Waals surface area contributed by atoms with E-state index in [9.17, 15) is 19.0 Å². The minimum absolute atomic E-state index is 0.0217. The molecule has 10 heteroatoms. The number of phosphoric ester groups is 1. The Morgan fingerprint density at radius 1 is 0.525 bits per heavy atom. The molecule has 0 aliphatic carbocycles. The van der Waals surface area contributed by atoms with Crippen LogP contribution in [0.1, 0.15) is 162 Å². The molecule has 348 valence electrons. The van der Waals surface area contributed by atoms with Crippen LogP contribution in [0.2, 0.25) is 0 Å². The molecule has 0 amide bonds. The molecule has 0 saturated heterocycles. The molecule has 0 aliphatic heterocycles. The van der Waals surface area contributed by atoms with E-state index in [1.165, 1.54) is 32.1 Å². The van der Waals surface area contributed by atoms with Crippen molar-refractivity contribution in [3.63, 3.8) is 0 Å². The number of hydrogen-bond acceptors (Lipinski definition) is 7. The summed E-state index contributed by atoms with van der Waals surface area (Å²) >= 11 is 0. The van der Waals surface area contributed by atoms with Crippen LogP contribution in [0.15, 0.2) is 97.2 Å². The van der Waals surface area contributed by atoms with Crippen LogP contribution in [0.5, 0.6) is 0 Å². The molecule has 9 nitrogen and oxygen atoms in total. The summed E-state index contributed by atoms with van der Waals surface area (Å²) in [6.07, 6.45) is 56.2. The lowest BCUT2D eigenvalue weighted by molar-refractivity contribution is -0.870. The maximum atomic E-state index is 12.7. The van der Waals surface area contributed by atoms with E-state index in [4.69, 9.17) is 18.5 Å². The smallest absolute Gasteiger partial charge is 0.462 e. The van der Waals surface area contributed by atoms with E-state index >= 15 is 0 Å². The number of quaternary nitrogens is 1. The van der Waals surface area contributed by atoms with E-state index in [0.29, 0.717) is 17.4 Å². The molecule has 0 rings (SSSR count). The number of rotatable bonds is 41. The zero-order valence-electron chi connectivity index (χ0n) is 39.1. The van der Waals surface area contributed by atoms with Crippen molar-refractivity contribution in [2.45, 2.75) is 168 Å². The second-order valence-electron chi connectivity index (χ2n) is 16.4. The van der Waals surface area contributed by atoms with E-state index in [-0.39, 0.29) is 32.0 Å². The zero-order valence-corrected chi connectivity index (χ0v) is 40.0. The summed E-state index contributed by atoms with van der Waals surface area (Å²) in [4.78, 5) is 35.3. The van der Waals surface area contributed by atoms with Crippen LogP contribution in [-0.2, 0) is 32.7 Å². The average Bonchev–Trinajstić information content (AvgIpc) is 3.21. The van der Waals surface area contributed by atoms with Gasteiger partial charge in [0.15, 0.2) is 6.10 Å². The van der Waals surface area contributed by atoms with Gasteiger partial charge in [-0.25, -0.2) is 4.57 Å². The van der Waals surface area contributed by atoms with Gasteiger partial charge in [0, 0.05) is 12.8 Å². The summed E-state index contributed by atoms with van der Waals surface area (Å²) in [5, 5.41) is 0. The van der Waals surface area contributed by atoms with Gasteiger partial charge in [-0.2, -0.15) is 0 Å². The fraction of sp³-hybridized carbons (Fsp3) is 0.647. The number of esters is 2. The van der Waals surface area contributed by atoms with Crippen LogP contribution in [-0.4, -0.2) is 74.9 Å². The van der Waals surface area contributed by atoms with Crippen molar-refractivity contribution in [3.8, 4) is 0 Å².